The molecule has 112 valence electrons. The lowest BCUT2D eigenvalue weighted by molar-refractivity contribution is -0.137. The number of aryl methyl sites for hydroxylation is 1. The van der Waals surface area contributed by atoms with E-state index in [4.69, 9.17) is 17.0 Å². The predicted molar refractivity (Wildman–Crippen MR) is 78.1 cm³/mol. The van der Waals surface area contributed by atoms with E-state index in [1.165, 1.54) is 7.11 Å². The van der Waals surface area contributed by atoms with E-state index in [0.717, 1.165) is 23.3 Å². The van der Waals surface area contributed by atoms with Gasteiger partial charge in [0.2, 0.25) is 0 Å². The van der Waals surface area contributed by atoms with Gasteiger partial charge in [-0.05, 0) is 43.2 Å². The van der Waals surface area contributed by atoms with Crippen molar-refractivity contribution in [3.05, 3.63) is 45.6 Å². The second-order valence-corrected chi connectivity index (χ2v) is 5.17. The Balaban J connectivity index is 2.71. The van der Waals surface area contributed by atoms with Gasteiger partial charge in [-0.2, -0.15) is 13.2 Å². The Bertz CT molecular complexity index is 735. The van der Waals surface area contributed by atoms with Gasteiger partial charge in [0.1, 0.15) is 10.4 Å². The van der Waals surface area contributed by atoms with Crippen molar-refractivity contribution in [2.45, 2.75) is 20.0 Å². The maximum absolute atomic E-state index is 12.9. The fourth-order valence-electron chi connectivity index (χ4n) is 2.12. The molecule has 0 aliphatic carbocycles. The molecule has 2 aromatic rings. The number of H-pyrrole nitrogens is 1. The van der Waals surface area contributed by atoms with Crippen molar-refractivity contribution >= 4 is 12.2 Å². The highest BCUT2D eigenvalue weighted by Crippen LogP contribution is 2.36. The number of pyridine rings is 1. The maximum Gasteiger partial charge on any atom is 0.416 e. The lowest BCUT2D eigenvalue weighted by atomic mass is 10.0. The third-order valence-electron chi connectivity index (χ3n) is 3.34. The monoisotopic (exact) mass is 313 g/mol. The van der Waals surface area contributed by atoms with Gasteiger partial charge in [0.05, 0.1) is 18.4 Å². The van der Waals surface area contributed by atoms with Gasteiger partial charge in [-0.25, -0.2) is 0 Å². The number of halogens is 3. The van der Waals surface area contributed by atoms with Crippen LogP contribution in [0, 0.1) is 18.5 Å². The largest absolute Gasteiger partial charge is 0.496 e. The predicted octanol–water partition coefficient (Wildman–Crippen LogP) is 5.06. The molecule has 0 unspecified atom stereocenters. The average Bonchev–Trinajstić information content (AvgIpc) is 2.40. The number of aromatic amines is 1. The number of benzene rings is 1. The molecule has 1 aromatic carbocycles. The lowest BCUT2D eigenvalue weighted by Gasteiger charge is -2.15. The Morgan fingerprint density at radius 2 is 1.81 bits per heavy atom. The number of hydrogen-bond acceptors (Lipinski definition) is 2. The van der Waals surface area contributed by atoms with E-state index in [0.29, 0.717) is 11.3 Å². The fraction of sp³-hybridized carbons (Fsp3) is 0.267. The van der Waals surface area contributed by atoms with E-state index in [1.807, 2.05) is 19.9 Å². The van der Waals surface area contributed by atoms with Crippen LogP contribution in [-0.4, -0.2) is 12.1 Å². The summed E-state index contributed by atoms with van der Waals surface area (Å²) in [6.45, 7) is 3.77. The minimum absolute atomic E-state index is 0.0279. The molecule has 0 fully saturated rings. The summed E-state index contributed by atoms with van der Waals surface area (Å²) in [6, 6.07) is 5.51. The minimum Gasteiger partial charge on any atom is -0.496 e. The molecular weight excluding hydrogens is 299 g/mol. The van der Waals surface area contributed by atoms with E-state index in [2.05, 4.69) is 4.98 Å². The maximum atomic E-state index is 12.9. The average molecular weight is 313 g/mol. The number of nitrogens with one attached hydrogen (secondary N) is 1. The summed E-state index contributed by atoms with van der Waals surface area (Å²) in [5.41, 5.74) is 1.95. The molecule has 2 nitrogen and oxygen atoms in total. The number of methoxy groups -OCH3 is 1. The van der Waals surface area contributed by atoms with Crippen molar-refractivity contribution in [3.63, 3.8) is 0 Å². The van der Waals surface area contributed by atoms with Gasteiger partial charge in [-0.3, -0.25) is 0 Å². The van der Waals surface area contributed by atoms with Crippen molar-refractivity contribution in [2.24, 2.45) is 0 Å². The van der Waals surface area contributed by atoms with Crippen LogP contribution in [0.15, 0.2) is 24.3 Å². The van der Waals surface area contributed by atoms with Crippen LogP contribution in [0.5, 0.6) is 5.75 Å². The van der Waals surface area contributed by atoms with E-state index in [9.17, 15) is 13.2 Å². The minimum atomic E-state index is -4.44. The SMILES string of the molecule is COc1c(-c2cc(C(F)(F)F)cc(=S)[nH]2)ccc(C)c1C. The number of alkyl halides is 3. The summed E-state index contributed by atoms with van der Waals surface area (Å²) in [4.78, 5) is 2.79. The molecule has 0 atom stereocenters. The molecular formula is C15H14F3NOS. The first-order chi connectivity index (χ1) is 9.74. The molecule has 0 saturated carbocycles. The van der Waals surface area contributed by atoms with Crippen LogP contribution >= 0.6 is 12.2 Å². The summed E-state index contributed by atoms with van der Waals surface area (Å²) in [5, 5.41) is 0. The summed E-state index contributed by atoms with van der Waals surface area (Å²) in [5.74, 6) is 0.542. The van der Waals surface area contributed by atoms with Crippen LogP contribution in [0.1, 0.15) is 16.7 Å². The standard InChI is InChI=1S/C15H14F3NOS/c1-8-4-5-11(14(20-3)9(8)2)12-6-10(15(16,17)18)7-13(21)19-12/h4-7H,1-3H3,(H,19,21). The number of aromatic nitrogens is 1. The molecule has 1 heterocycles. The Morgan fingerprint density at radius 1 is 1.14 bits per heavy atom. The zero-order chi connectivity index (χ0) is 15.8. The first kappa shape index (κ1) is 15.6. The molecule has 0 bridgehead atoms. The topological polar surface area (TPSA) is 25.0 Å². The van der Waals surface area contributed by atoms with Crippen LogP contribution in [0.3, 0.4) is 0 Å². The summed E-state index contributed by atoms with van der Waals surface area (Å²) in [7, 11) is 1.49. The Labute approximate surface area is 125 Å². The van der Waals surface area contributed by atoms with Crippen molar-refractivity contribution < 1.29 is 17.9 Å². The normalized spacial score (nSPS) is 11.5. The molecule has 6 heteroatoms. The fourth-order valence-corrected chi connectivity index (χ4v) is 2.35. The van der Waals surface area contributed by atoms with Crippen molar-refractivity contribution in [3.8, 4) is 17.0 Å². The van der Waals surface area contributed by atoms with Gasteiger partial charge in [0, 0.05) is 5.56 Å². The van der Waals surface area contributed by atoms with Crippen LogP contribution in [0.25, 0.3) is 11.3 Å². The van der Waals surface area contributed by atoms with Crippen molar-refractivity contribution in [2.75, 3.05) is 7.11 Å². The quantitative estimate of drug-likeness (QED) is 0.784. The summed E-state index contributed by atoms with van der Waals surface area (Å²) in [6.07, 6.45) is -4.44. The van der Waals surface area contributed by atoms with Crippen LogP contribution in [-0.2, 0) is 6.18 Å². The van der Waals surface area contributed by atoms with Crippen molar-refractivity contribution in [1.82, 2.24) is 4.98 Å². The number of hydrogen-bond donors (Lipinski definition) is 1. The number of rotatable bonds is 2. The summed E-state index contributed by atoms with van der Waals surface area (Å²) >= 11 is 4.90. The molecule has 1 N–H and O–H groups in total. The first-order valence-corrected chi connectivity index (χ1v) is 6.61. The van der Waals surface area contributed by atoms with Gasteiger partial charge in [0.15, 0.2) is 0 Å². The molecule has 21 heavy (non-hydrogen) atoms. The third-order valence-corrected chi connectivity index (χ3v) is 3.56. The van der Waals surface area contributed by atoms with E-state index >= 15 is 0 Å². The molecule has 0 radical (unpaired) electrons. The van der Waals surface area contributed by atoms with Crippen LogP contribution in [0.4, 0.5) is 13.2 Å². The second-order valence-electron chi connectivity index (χ2n) is 4.73. The van der Waals surface area contributed by atoms with Gasteiger partial charge >= 0.3 is 6.18 Å². The number of ether oxygens (including phenoxy) is 1. The highest BCUT2D eigenvalue weighted by molar-refractivity contribution is 7.71. The first-order valence-electron chi connectivity index (χ1n) is 6.20. The van der Waals surface area contributed by atoms with Gasteiger partial charge in [-0.1, -0.05) is 18.3 Å². The molecule has 0 aliphatic heterocycles. The smallest absolute Gasteiger partial charge is 0.416 e. The molecule has 0 saturated heterocycles. The Morgan fingerprint density at radius 3 is 2.38 bits per heavy atom. The molecule has 2 rings (SSSR count). The molecule has 0 amide bonds. The zero-order valence-corrected chi connectivity index (χ0v) is 12.6. The van der Waals surface area contributed by atoms with E-state index in [1.54, 1.807) is 6.07 Å². The highest BCUT2D eigenvalue weighted by Gasteiger charge is 2.31. The highest BCUT2D eigenvalue weighted by atomic mass is 32.1. The second kappa shape index (κ2) is 5.52. The lowest BCUT2D eigenvalue weighted by Crippen LogP contribution is -2.06. The van der Waals surface area contributed by atoms with Crippen molar-refractivity contribution in [1.29, 1.82) is 0 Å². The van der Waals surface area contributed by atoms with E-state index in [-0.39, 0.29) is 10.3 Å². The zero-order valence-electron chi connectivity index (χ0n) is 11.8. The third kappa shape index (κ3) is 3.10. The summed E-state index contributed by atoms with van der Waals surface area (Å²) < 4.78 is 44.1. The Kier molecular flexibility index (Phi) is 4.09. The van der Waals surface area contributed by atoms with Gasteiger partial charge < -0.3 is 9.72 Å². The van der Waals surface area contributed by atoms with E-state index < -0.39 is 11.7 Å². The van der Waals surface area contributed by atoms with Crippen LogP contribution < -0.4 is 4.74 Å². The van der Waals surface area contributed by atoms with Crippen LogP contribution in [0.2, 0.25) is 0 Å². The molecule has 0 aliphatic rings. The molecule has 0 spiro atoms. The van der Waals surface area contributed by atoms with Gasteiger partial charge in [-0.15, -0.1) is 0 Å². The van der Waals surface area contributed by atoms with Gasteiger partial charge in [0.25, 0.3) is 0 Å². The molecule has 1 aromatic heterocycles. The Hall–Kier alpha value is -1.82.